The fourth-order valence-corrected chi connectivity index (χ4v) is 3.53. The van der Waals surface area contributed by atoms with E-state index in [2.05, 4.69) is 0 Å². The number of thioether (sulfide) groups is 1. The Hall–Kier alpha value is -3.33. The molecule has 4 rings (SSSR count). The van der Waals surface area contributed by atoms with Crippen LogP contribution in [0.3, 0.4) is 0 Å². The molecule has 27 heavy (non-hydrogen) atoms. The van der Waals surface area contributed by atoms with E-state index in [0.29, 0.717) is 22.0 Å². The van der Waals surface area contributed by atoms with Gasteiger partial charge in [-0.15, -0.1) is 0 Å². The molecule has 0 N–H and O–H groups in total. The number of nitro benzene ring substituents is 1. The van der Waals surface area contributed by atoms with Crippen LogP contribution >= 0.6 is 11.8 Å². The molecule has 0 bridgehead atoms. The first-order chi connectivity index (χ1) is 13.0. The van der Waals surface area contributed by atoms with Gasteiger partial charge in [0.15, 0.2) is 11.5 Å². The third-order valence-corrected chi connectivity index (χ3v) is 4.96. The number of nitrogens with zero attached hydrogens (tertiary/aromatic N) is 2. The minimum atomic E-state index is -0.502. The Labute approximate surface area is 157 Å². The predicted molar refractivity (Wildman–Crippen MR) is 97.2 cm³/mol. The molecule has 0 aromatic heterocycles. The van der Waals surface area contributed by atoms with E-state index in [1.54, 1.807) is 24.3 Å². The minimum Gasteiger partial charge on any atom is -0.454 e. The molecule has 136 valence electrons. The number of ether oxygens (including phenoxy) is 2. The molecule has 2 amide bonds. The minimum absolute atomic E-state index is 0.0457. The van der Waals surface area contributed by atoms with E-state index in [-0.39, 0.29) is 24.3 Å². The van der Waals surface area contributed by atoms with Crippen LogP contribution in [0.15, 0.2) is 47.4 Å². The molecular formula is C18H12N2O6S. The van der Waals surface area contributed by atoms with Crippen LogP contribution in [-0.4, -0.2) is 27.8 Å². The quantitative estimate of drug-likeness (QED) is 0.451. The lowest BCUT2D eigenvalue weighted by atomic mass is 10.1. The van der Waals surface area contributed by atoms with Crippen LogP contribution in [0, 0.1) is 10.1 Å². The summed E-state index contributed by atoms with van der Waals surface area (Å²) in [7, 11) is 0. The normalized spacial score (nSPS) is 17.0. The molecule has 8 nitrogen and oxygen atoms in total. The number of fused-ring (bicyclic) bond motifs is 1. The van der Waals surface area contributed by atoms with E-state index < -0.39 is 10.8 Å². The third-order valence-electron chi connectivity index (χ3n) is 4.06. The summed E-state index contributed by atoms with van der Waals surface area (Å²) in [4.78, 5) is 36.4. The predicted octanol–water partition coefficient (Wildman–Crippen LogP) is 3.56. The summed E-state index contributed by atoms with van der Waals surface area (Å²) in [5.41, 5.74) is 1.31. The van der Waals surface area contributed by atoms with Gasteiger partial charge in [0.25, 0.3) is 16.8 Å². The lowest BCUT2D eigenvalue weighted by Crippen LogP contribution is -2.27. The summed E-state index contributed by atoms with van der Waals surface area (Å²) in [6.45, 7) is 0.214. The van der Waals surface area contributed by atoms with Crippen molar-refractivity contribution in [1.29, 1.82) is 0 Å². The second-order valence-corrected chi connectivity index (χ2v) is 6.80. The maximum atomic E-state index is 12.6. The highest BCUT2D eigenvalue weighted by atomic mass is 32.2. The molecule has 2 aliphatic rings. The summed E-state index contributed by atoms with van der Waals surface area (Å²) in [5.74, 6) is 0.827. The number of hydrogen-bond acceptors (Lipinski definition) is 7. The lowest BCUT2D eigenvalue weighted by Gasteiger charge is -2.12. The van der Waals surface area contributed by atoms with Crippen LogP contribution in [-0.2, 0) is 11.3 Å². The summed E-state index contributed by atoms with van der Waals surface area (Å²) < 4.78 is 10.6. The Bertz CT molecular complexity index is 986. The molecule has 1 saturated heterocycles. The van der Waals surface area contributed by atoms with Crippen LogP contribution in [0.2, 0.25) is 0 Å². The largest absolute Gasteiger partial charge is 0.454 e. The van der Waals surface area contributed by atoms with Crippen molar-refractivity contribution in [2.45, 2.75) is 6.54 Å². The van der Waals surface area contributed by atoms with E-state index in [1.807, 2.05) is 0 Å². The van der Waals surface area contributed by atoms with Crippen LogP contribution < -0.4 is 9.47 Å². The smallest absolute Gasteiger partial charge is 0.293 e. The molecule has 0 aliphatic carbocycles. The van der Waals surface area contributed by atoms with Crippen molar-refractivity contribution in [1.82, 2.24) is 4.90 Å². The van der Waals surface area contributed by atoms with E-state index in [1.165, 1.54) is 24.3 Å². The van der Waals surface area contributed by atoms with Gasteiger partial charge in [0, 0.05) is 12.1 Å². The van der Waals surface area contributed by atoms with Crippen molar-refractivity contribution < 1.29 is 24.0 Å². The van der Waals surface area contributed by atoms with Gasteiger partial charge >= 0.3 is 0 Å². The Balaban J connectivity index is 1.52. The van der Waals surface area contributed by atoms with Gasteiger partial charge in [0.2, 0.25) is 6.79 Å². The summed E-state index contributed by atoms with van der Waals surface area (Å²) in [6.07, 6.45) is 1.63. The molecule has 0 radical (unpaired) electrons. The molecule has 0 spiro atoms. The molecule has 0 saturated carbocycles. The van der Waals surface area contributed by atoms with Crippen molar-refractivity contribution in [2.24, 2.45) is 0 Å². The number of hydrogen-bond donors (Lipinski definition) is 0. The average molecular weight is 384 g/mol. The topological polar surface area (TPSA) is 99.0 Å². The molecule has 2 aromatic carbocycles. The van der Waals surface area contributed by atoms with Gasteiger partial charge in [-0.3, -0.25) is 24.6 Å². The molecule has 9 heteroatoms. The summed E-state index contributed by atoms with van der Waals surface area (Å²) in [6, 6.07) is 11.0. The molecular weight excluding hydrogens is 372 g/mol. The Morgan fingerprint density at radius 2 is 1.85 bits per heavy atom. The van der Waals surface area contributed by atoms with Crippen LogP contribution in [0.5, 0.6) is 11.5 Å². The van der Waals surface area contributed by atoms with Gasteiger partial charge in [0.1, 0.15) is 0 Å². The third kappa shape index (κ3) is 3.36. The zero-order chi connectivity index (χ0) is 19.0. The van der Waals surface area contributed by atoms with Crippen molar-refractivity contribution in [3.8, 4) is 11.5 Å². The number of rotatable bonds is 4. The fourth-order valence-electron chi connectivity index (χ4n) is 2.70. The second-order valence-electron chi connectivity index (χ2n) is 5.80. The van der Waals surface area contributed by atoms with Crippen molar-refractivity contribution in [3.63, 3.8) is 0 Å². The van der Waals surface area contributed by atoms with Gasteiger partial charge in [-0.05, 0) is 41.1 Å². The number of imide groups is 1. The zero-order valence-electron chi connectivity index (χ0n) is 13.8. The number of carbonyl (C=O) groups is 2. The number of nitro groups is 1. The van der Waals surface area contributed by atoms with Gasteiger partial charge in [0.05, 0.1) is 16.4 Å². The molecule has 1 fully saturated rings. The van der Waals surface area contributed by atoms with E-state index in [9.17, 15) is 19.7 Å². The molecule has 0 unspecified atom stereocenters. The number of non-ortho nitro benzene ring substituents is 1. The van der Waals surface area contributed by atoms with Gasteiger partial charge < -0.3 is 9.47 Å². The summed E-state index contributed by atoms with van der Waals surface area (Å²) in [5, 5.41) is 10.3. The van der Waals surface area contributed by atoms with Crippen molar-refractivity contribution >= 4 is 34.7 Å². The molecule has 2 aliphatic heterocycles. The van der Waals surface area contributed by atoms with E-state index in [4.69, 9.17) is 9.47 Å². The van der Waals surface area contributed by atoms with Gasteiger partial charge in [-0.1, -0.05) is 18.2 Å². The van der Waals surface area contributed by atoms with Crippen molar-refractivity contribution in [3.05, 3.63) is 68.6 Å². The van der Waals surface area contributed by atoms with Gasteiger partial charge in [-0.2, -0.15) is 0 Å². The first-order valence-electron chi connectivity index (χ1n) is 7.89. The van der Waals surface area contributed by atoms with Crippen LogP contribution in [0.25, 0.3) is 6.08 Å². The Morgan fingerprint density at radius 1 is 1.11 bits per heavy atom. The molecule has 2 aromatic rings. The van der Waals surface area contributed by atoms with Crippen molar-refractivity contribution in [2.75, 3.05) is 6.79 Å². The average Bonchev–Trinajstić information content (AvgIpc) is 3.22. The van der Waals surface area contributed by atoms with E-state index >= 15 is 0 Å². The second kappa shape index (κ2) is 6.76. The number of amides is 2. The van der Waals surface area contributed by atoms with E-state index in [0.717, 1.165) is 22.2 Å². The number of benzene rings is 2. The summed E-state index contributed by atoms with van der Waals surface area (Å²) >= 11 is 0.855. The maximum absolute atomic E-state index is 12.6. The SMILES string of the molecule is O=C1S/C(=C\c2ccc3c(c2)OCO3)C(=O)N1Cc1ccc([N+](=O)[O-])cc1. The standard InChI is InChI=1S/C18H12N2O6S/c21-17-16(8-12-3-6-14-15(7-12)26-10-25-14)27-18(22)19(17)9-11-1-4-13(5-2-11)20(23)24/h1-8H,9-10H2/b16-8-. The lowest BCUT2D eigenvalue weighted by molar-refractivity contribution is -0.384. The van der Waals surface area contributed by atoms with Crippen LogP contribution in [0.1, 0.15) is 11.1 Å². The highest BCUT2D eigenvalue weighted by Crippen LogP contribution is 2.36. The highest BCUT2D eigenvalue weighted by Gasteiger charge is 2.35. The first-order valence-corrected chi connectivity index (χ1v) is 8.71. The Morgan fingerprint density at radius 3 is 2.59 bits per heavy atom. The van der Waals surface area contributed by atoms with Gasteiger partial charge in [-0.25, -0.2) is 0 Å². The first kappa shape index (κ1) is 17.1. The monoisotopic (exact) mass is 384 g/mol. The zero-order valence-corrected chi connectivity index (χ0v) is 14.6. The Kier molecular flexibility index (Phi) is 4.28. The molecule has 0 atom stereocenters. The highest BCUT2D eigenvalue weighted by molar-refractivity contribution is 8.18. The fraction of sp³-hybridized carbons (Fsp3) is 0.111. The maximum Gasteiger partial charge on any atom is 0.293 e. The van der Waals surface area contributed by atoms with Crippen LogP contribution in [0.4, 0.5) is 10.5 Å². The molecule has 2 heterocycles. The number of carbonyl (C=O) groups excluding carboxylic acids is 2.